The molecule has 5 amide bonds. The number of rotatable bonds is 14. The molecule has 1 unspecified atom stereocenters. The maximum absolute atomic E-state index is 14.1. The maximum Gasteiger partial charge on any atom is 0.407 e. The Bertz CT molecular complexity index is 1770. The molecule has 0 aliphatic carbocycles. The van der Waals surface area contributed by atoms with Crippen LogP contribution in [-0.2, 0) is 46.4 Å². The van der Waals surface area contributed by atoms with Gasteiger partial charge in [-0.3, -0.25) is 4.57 Å². The first kappa shape index (κ1) is 38.0. The van der Waals surface area contributed by atoms with Crippen molar-refractivity contribution in [3.8, 4) is 0 Å². The van der Waals surface area contributed by atoms with Crippen molar-refractivity contribution in [1.82, 2.24) is 19.8 Å². The van der Waals surface area contributed by atoms with E-state index >= 15 is 0 Å². The molecule has 1 heterocycles. The molecular formula is C33H39N4O11PS. The number of carboxylic acids is 1. The fourth-order valence-corrected chi connectivity index (χ4v) is 7.46. The standard InChI is InChI=1S/C33H39N4O11PS/c1-33(2,3)48-31(41)34-18-21-50(44,45)37-20-19-36(32(37)42)30(40)35-28(29(38)39)26-14-16-27(17-15-26)49(43,46-22-24-10-6-4-7-11-24)47-23-25-12-8-5-9-13-25/h4-17,28H,18-23H2,1-3H3,(H,34,41)(H,35,40)(H,38,39). The van der Waals surface area contributed by atoms with E-state index in [1.165, 1.54) is 24.3 Å². The van der Waals surface area contributed by atoms with E-state index in [9.17, 15) is 37.3 Å². The molecule has 17 heteroatoms. The maximum atomic E-state index is 14.1. The number of amides is 5. The van der Waals surface area contributed by atoms with Gasteiger partial charge in [0.15, 0.2) is 6.04 Å². The Morgan fingerprint density at radius 2 is 1.42 bits per heavy atom. The van der Waals surface area contributed by atoms with Gasteiger partial charge in [0.1, 0.15) is 5.60 Å². The average molecular weight is 731 g/mol. The van der Waals surface area contributed by atoms with Crippen LogP contribution in [0.4, 0.5) is 14.4 Å². The van der Waals surface area contributed by atoms with Crippen molar-refractivity contribution in [1.29, 1.82) is 0 Å². The number of carbonyl (C=O) groups excluding carboxylic acids is 3. The van der Waals surface area contributed by atoms with Gasteiger partial charge in [-0.15, -0.1) is 0 Å². The van der Waals surface area contributed by atoms with Gasteiger partial charge in [0.05, 0.1) is 37.4 Å². The number of benzene rings is 3. The summed E-state index contributed by atoms with van der Waals surface area (Å²) in [5, 5.41) is 14.6. The summed E-state index contributed by atoms with van der Waals surface area (Å²) in [6.45, 7) is 3.80. The molecule has 0 saturated carbocycles. The zero-order chi connectivity index (χ0) is 36.5. The molecule has 4 rings (SSSR count). The van der Waals surface area contributed by atoms with Crippen molar-refractivity contribution in [2.45, 2.75) is 45.6 Å². The van der Waals surface area contributed by atoms with Crippen LogP contribution in [-0.4, -0.2) is 77.8 Å². The second kappa shape index (κ2) is 16.3. The Hall–Kier alpha value is -4.76. The molecule has 1 atom stereocenters. The highest BCUT2D eigenvalue weighted by atomic mass is 32.2. The fourth-order valence-electron chi connectivity index (χ4n) is 4.66. The van der Waals surface area contributed by atoms with Crippen LogP contribution < -0.4 is 15.9 Å². The molecule has 3 N–H and O–H groups in total. The van der Waals surface area contributed by atoms with E-state index in [0.717, 1.165) is 11.1 Å². The lowest BCUT2D eigenvalue weighted by atomic mass is 10.1. The largest absolute Gasteiger partial charge is 0.479 e. The Balaban J connectivity index is 1.43. The van der Waals surface area contributed by atoms with Crippen LogP contribution in [0.1, 0.15) is 43.5 Å². The van der Waals surface area contributed by atoms with Gasteiger partial charge in [-0.05, 0) is 49.6 Å². The molecule has 1 aliphatic rings. The highest BCUT2D eigenvalue weighted by Gasteiger charge is 2.41. The summed E-state index contributed by atoms with van der Waals surface area (Å²) < 4.78 is 56.9. The van der Waals surface area contributed by atoms with Gasteiger partial charge in [-0.25, -0.2) is 36.8 Å². The minimum Gasteiger partial charge on any atom is -0.479 e. The Labute approximate surface area is 290 Å². The molecule has 0 radical (unpaired) electrons. The number of ether oxygens (including phenoxy) is 1. The summed E-state index contributed by atoms with van der Waals surface area (Å²) in [6, 6.07) is 19.5. The Kier molecular flexibility index (Phi) is 12.4. The van der Waals surface area contributed by atoms with Gasteiger partial charge in [0.25, 0.3) is 0 Å². The van der Waals surface area contributed by atoms with E-state index in [-0.39, 0.29) is 43.7 Å². The number of alkyl carbamates (subject to hydrolysis) is 1. The minimum atomic E-state index is -4.25. The number of nitrogens with one attached hydrogen (secondary N) is 2. The SMILES string of the molecule is CC(C)(C)OC(=O)NCCS(=O)(=O)N1CCN(C(=O)NC(C(=O)O)c2ccc(P(=O)(OCc3ccccc3)OCc3ccccc3)cc2)C1=O. The third-order valence-corrected chi connectivity index (χ3v) is 10.7. The van der Waals surface area contributed by atoms with E-state index in [2.05, 4.69) is 10.6 Å². The summed E-state index contributed by atoms with van der Waals surface area (Å²) >= 11 is 0. The molecule has 268 valence electrons. The zero-order valence-electron chi connectivity index (χ0n) is 27.7. The summed E-state index contributed by atoms with van der Waals surface area (Å²) in [7, 11) is -8.21. The van der Waals surface area contributed by atoms with Gasteiger partial charge >= 0.3 is 31.7 Å². The molecule has 1 saturated heterocycles. The first-order valence-corrected chi connectivity index (χ1v) is 18.6. The molecule has 50 heavy (non-hydrogen) atoms. The number of hydrogen-bond donors (Lipinski definition) is 3. The van der Waals surface area contributed by atoms with Crippen LogP contribution in [0.3, 0.4) is 0 Å². The summed E-state index contributed by atoms with van der Waals surface area (Å²) in [5.74, 6) is -2.12. The topological polar surface area (TPSA) is 198 Å². The molecule has 3 aromatic rings. The average Bonchev–Trinajstić information content (AvgIpc) is 3.47. The van der Waals surface area contributed by atoms with Crippen LogP contribution in [0, 0.1) is 0 Å². The highest BCUT2D eigenvalue weighted by Crippen LogP contribution is 2.48. The van der Waals surface area contributed by atoms with Gasteiger partial charge in [-0.1, -0.05) is 72.8 Å². The molecule has 0 bridgehead atoms. The second-order valence-corrected chi connectivity index (χ2v) is 16.1. The van der Waals surface area contributed by atoms with Crippen molar-refractivity contribution in [3.05, 3.63) is 102 Å². The van der Waals surface area contributed by atoms with E-state index in [1.807, 2.05) is 36.4 Å². The first-order chi connectivity index (χ1) is 23.6. The van der Waals surface area contributed by atoms with Crippen LogP contribution in [0.15, 0.2) is 84.9 Å². The number of sulfonamides is 1. The lowest BCUT2D eigenvalue weighted by molar-refractivity contribution is -0.139. The van der Waals surface area contributed by atoms with Gasteiger partial charge in [-0.2, -0.15) is 0 Å². The van der Waals surface area contributed by atoms with Crippen LogP contribution in [0.2, 0.25) is 0 Å². The predicted octanol–water partition coefficient (Wildman–Crippen LogP) is 4.37. The van der Waals surface area contributed by atoms with Crippen molar-refractivity contribution in [2.75, 3.05) is 25.4 Å². The van der Waals surface area contributed by atoms with Crippen molar-refractivity contribution in [2.24, 2.45) is 0 Å². The zero-order valence-corrected chi connectivity index (χ0v) is 29.4. The number of hydrogen-bond acceptors (Lipinski definition) is 10. The predicted molar refractivity (Wildman–Crippen MR) is 182 cm³/mol. The van der Waals surface area contributed by atoms with Crippen LogP contribution in [0.25, 0.3) is 0 Å². The summed E-state index contributed by atoms with van der Waals surface area (Å²) in [5.41, 5.74) is 0.771. The highest BCUT2D eigenvalue weighted by molar-refractivity contribution is 7.89. The van der Waals surface area contributed by atoms with Crippen molar-refractivity contribution >= 4 is 47.0 Å². The van der Waals surface area contributed by atoms with Crippen LogP contribution in [0.5, 0.6) is 0 Å². The quantitative estimate of drug-likeness (QED) is 0.199. The van der Waals surface area contributed by atoms with Crippen molar-refractivity contribution < 1.29 is 51.1 Å². The molecule has 1 fully saturated rings. The van der Waals surface area contributed by atoms with Gasteiger partial charge in [0.2, 0.25) is 10.0 Å². The van der Waals surface area contributed by atoms with Gasteiger partial charge < -0.3 is 29.5 Å². The van der Waals surface area contributed by atoms with E-state index < -0.39 is 59.1 Å². The monoisotopic (exact) mass is 730 g/mol. The van der Waals surface area contributed by atoms with E-state index in [0.29, 0.717) is 9.21 Å². The number of carbonyl (C=O) groups is 4. The summed E-state index contributed by atoms with van der Waals surface area (Å²) in [6.07, 6.45) is -0.837. The smallest absolute Gasteiger partial charge is 0.407 e. The molecular weight excluding hydrogens is 691 g/mol. The van der Waals surface area contributed by atoms with E-state index in [4.69, 9.17) is 13.8 Å². The normalized spacial score (nSPS) is 14.3. The number of carboxylic acid groups (broad SMARTS) is 1. The minimum absolute atomic E-state index is 0.0285. The van der Waals surface area contributed by atoms with E-state index in [1.54, 1.807) is 45.0 Å². The second-order valence-electron chi connectivity index (χ2n) is 12.1. The first-order valence-electron chi connectivity index (χ1n) is 15.5. The Morgan fingerprint density at radius 3 is 1.92 bits per heavy atom. The summed E-state index contributed by atoms with van der Waals surface area (Å²) in [4.78, 5) is 50.7. The lowest BCUT2D eigenvalue weighted by Gasteiger charge is -2.22. The van der Waals surface area contributed by atoms with Crippen molar-refractivity contribution in [3.63, 3.8) is 0 Å². The fraction of sp³-hybridized carbons (Fsp3) is 0.333. The van der Waals surface area contributed by atoms with Gasteiger partial charge in [0, 0.05) is 6.54 Å². The lowest BCUT2D eigenvalue weighted by Crippen LogP contribution is -2.47. The third kappa shape index (κ3) is 10.4. The number of aliphatic carboxylic acids is 1. The molecule has 0 aromatic heterocycles. The molecule has 15 nitrogen and oxygen atoms in total. The van der Waals surface area contributed by atoms with Crippen LogP contribution >= 0.6 is 7.60 Å². The number of imide groups is 1. The molecule has 1 aliphatic heterocycles. The third-order valence-electron chi connectivity index (χ3n) is 7.13. The molecule has 0 spiro atoms. The molecule has 3 aromatic carbocycles. The number of urea groups is 2. The number of nitrogens with zero attached hydrogens (tertiary/aromatic N) is 2. The Morgan fingerprint density at radius 1 is 0.880 bits per heavy atom.